The van der Waals surface area contributed by atoms with Crippen LogP contribution >= 0.6 is 23.4 Å². The number of aliphatic hydroxyl groups is 3. The van der Waals surface area contributed by atoms with Crippen molar-refractivity contribution in [3.05, 3.63) is 64.3 Å². The molecule has 36 heavy (non-hydrogen) atoms. The molecule has 0 spiro atoms. The number of nitrogens with zero attached hydrogens (tertiary/aromatic N) is 2. The number of thioether (sulfide) groups is 1. The first kappa shape index (κ1) is 26.8. The van der Waals surface area contributed by atoms with Crippen LogP contribution in [0.25, 0.3) is 5.70 Å². The third-order valence-electron chi connectivity index (χ3n) is 5.38. The van der Waals surface area contributed by atoms with Gasteiger partial charge in [0.2, 0.25) is 0 Å². The molecule has 1 aromatic heterocycles. The lowest BCUT2D eigenvalue weighted by Crippen LogP contribution is -2.65. The van der Waals surface area contributed by atoms with Gasteiger partial charge < -0.3 is 25.5 Å². The molecule has 0 radical (unpaired) electrons. The number of ether oxygens (including phenoxy) is 1. The molecule has 8 nitrogen and oxygen atoms in total. The summed E-state index contributed by atoms with van der Waals surface area (Å²) in [6.45, 7) is -0.756. The first-order chi connectivity index (χ1) is 16.9. The number of aliphatic hydroxyl groups excluding tert-OH is 3. The minimum atomic E-state index is -4.85. The van der Waals surface area contributed by atoms with E-state index in [4.69, 9.17) is 16.3 Å². The van der Waals surface area contributed by atoms with E-state index >= 15 is 0 Å². The predicted molar refractivity (Wildman–Crippen MR) is 114 cm³/mol. The molecule has 0 amide bonds. The quantitative estimate of drug-likeness (QED) is 0.279. The number of nitrogens with one attached hydrogen (secondary N) is 2. The van der Waals surface area contributed by atoms with Gasteiger partial charge in [-0.1, -0.05) is 23.4 Å². The molecule has 1 aromatic carbocycles. The van der Waals surface area contributed by atoms with Crippen LogP contribution in [-0.2, 0) is 10.9 Å². The van der Waals surface area contributed by atoms with Crippen molar-refractivity contribution in [2.75, 3.05) is 6.61 Å². The Morgan fingerprint density at radius 2 is 1.78 bits per heavy atom. The van der Waals surface area contributed by atoms with E-state index < -0.39 is 70.6 Å². The third kappa shape index (κ3) is 5.22. The highest BCUT2D eigenvalue weighted by Gasteiger charge is 2.49. The third-order valence-corrected chi connectivity index (χ3v) is 6.78. The van der Waals surface area contributed by atoms with Gasteiger partial charge in [-0.05, 0) is 18.2 Å². The molecule has 196 valence electrons. The molecule has 5 atom stereocenters. The molecule has 5 N–H and O–H groups in total. The molecule has 16 heteroatoms. The second-order valence-corrected chi connectivity index (χ2v) is 9.33. The Morgan fingerprint density at radius 1 is 1.11 bits per heavy atom. The van der Waals surface area contributed by atoms with E-state index in [0.29, 0.717) is 23.9 Å². The number of hydrogen-bond donors (Lipinski definition) is 5. The van der Waals surface area contributed by atoms with E-state index in [1.54, 1.807) is 0 Å². The van der Waals surface area contributed by atoms with Crippen molar-refractivity contribution < 1.29 is 46.4 Å². The van der Waals surface area contributed by atoms with Crippen molar-refractivity contribution in [1.82, 2.24) is 21.0 Å². The van der Waals surface area contributed by atoms with Crippen molar-refractivity contribution in [3.63, 3.8) is 0 Å². The SMILES string of the molecule is OCC1O[C@H](Sc2cc(Cl)cnc2C(F)(F)F)C(O)[C@@H](N2C=C(c3cc(F)c(F)c(F)c3)NN2)[C@H]1O. The number of hydrazine groups is 2. The summed E-state index contributed by atoms with van der Waals surface area (Å²) in [7, 11) is 0. The van der Waals surface area contributed by atoms with Crippen molar-refractivity contribution in [1.29, 1.82) is 0 Å². The lowest BCUT2D eigenvalue weighted by atomic mass is 9.97. The topological polar surface area (TPSA) is 110 Å². The average Bonchev–Trinajstić information content (AvgIpc) is 3.28. The van der Waals surface area contributed by atoms with E-state index in [9.17, 15) is 41.7 Å². The van der Waals surface area contributed by atoms with Crippen LogP contribution < -0.4 is 11.0 Å². The normalized spacial score (nSPS) is 26.7. The minimum absolute atomic E-state index is 0.0156. The summed E-state index contributed by atoms with van der Waals surface area (Å²) in [5.74, 6) is -4.58. The summed E-state index contributed by atoms with van der Waals surface area (Å²) >= 11 is 6.23. The number of benzene rings is 1. The summed E-state index contributed by atoms with van der Waals surface area (Å²) in [4.78, 5) is 2.84. The minimum Gasteiger partial charge on any atom is -0.394 e. The molecule has 2 aliphatic heterocycles. The fourth-order valence-corrected chi connectivity index (χ4v) is 5.14. The zero-order valence-corrected chi connectivity index (χ0v) is 19.3. The standard InChI is InChI=1S/C20H17ClF6N4O4S/c21-8-3-13(18(28-4-8)20(25,26)27)36-19-17(34)15(16(33)12(6-32)35-19)31-5-11(29-30-31)7-1-9(22)14(24)10(23)2-7/h1-5,12,15-17,19,29-30,32-34H,6H2/t12?,15-,16-,17?,19+/m0/s1. The number of alkyl halides is 3. The van der Waals surface area contributed by atoms with Gasteiger partial charge in [-0.3, -0.25) is 5.01 Å². The molecule has 2 aliphatic rings. The van der Waals surface area contributed by atoms with E-state index in [0.717, 1.165) is 17.3 Å². The molecule has 4 rings (SSSR count). The zero-order valence-electron chi connectivity index (χ0n) is 17.7. The molecular weight excluding hydrogens is 542 g/mol. The molecule has 1 saturated heterocycles. The Bertz CT molecular complexity index is 1150. The molecular formula is C20H17ClF6N4O4S. The second kappa shape index (κ2) is 10.2. The smallest absolute Gasteiger partial charge is 0.394 e. The fourth-order valence-electron chi connectivity index (χ4n) is 3.69. The van der Waals surface area contributed by atoms with E-state index in [1.165, 1.54) is 6.20 Å². The summed E-state index contributed by atoms with van der Waals surface area (Å²) in [6, 6.07) is 1.06. The van der Waals surface area contributed by atoms with Crippen LogP contribution in [0.2, 0.25) is 5.02 Å². The highest BCUT2D eigenvalue weighted by molar-refractivity contribution is 7.99. The predicted octanol–water partition coefficient (Wildman–Crippen LogP) is 2.39. The summed E-state index contributed by atoms with van der Waals surface area (Å²) in [5.41, 5.74) is 2.24. The second-order valence-electron chi connectivity index (χ2n) is 7.75. The first-order valence-electron chi connectivity index (χ1n) is 10.1. The van der Waals surface area contributed by atoms with Crippen LogP contribution in [0.15, 0.2) is 35.5 Å². The first-order valence-corrected chi connectivity index (χ1v) is 11.3. The van der Waals surface area contributed by atoms with Gasteiger partial charge in [0.15, 0.2) is 23.1 Å². The van der Waals surface area contributed by atoms with Crippen molar-refractivity contribution in [2.45, 2.75) is 40.9 Å². The Labute approximate surface area is 208 Å². The van der Waals surface area contributed by atoms with Gasteiger partial charge in [0.1, 0.15) is 29.8 Å². The lowest BCUT2D eigenvalue weighted by molar-refractivity contribution is -0.189. The average molecular weight is 559 g/mol. The highest BCUT2D eigenvalue weighted by Crippen LogP contribution is 2.41. The van der Waals surface area contributed by atoms with Crippen LogP contribution in [0, 0.1) is 17.5 Å². The number of halogens is 7. The zero-order chi connectivity index (χ0) is 26.4. The molecule has 1 fully saturated rings. The molecule has 0 aliphatic carbocycles. The Balaban J connectivity index is 1.63. The van der Waals surface area contributed by atoms with E-state index in [2.05, 4.69) is 15.9 Å². The maximum Gasteiger partial charge on any atom is 0.434 e. The van der Waals surface area contributed by atoms with Gasteiger partial charge in [-0.2, -0.15) is 13.2 Å². The Morgan fingerprint density at radius 3 is 2.39 bits per heavy atom. The lowest BCUT2D eigenvalue weighted by Gasteiger charge is -2.45. The Kier molecular flexibility index (Phi) is 7.62. The fraction of sp³-hybridized carbons (Fsp3) is 0.350. The van der Waals surface area contributed by atoms with Crippen LogP contribution in [0.4, 0.5) is 26.3 Å². The highest BCUT2D eigenvalue weighted by atomic mass is 35.5. The van der Waals surface area contributed by atoms with Gasteiger partial charge in [0.05, 0.1) is 17.3 Å². The molecule has 2 unspecified atom stereocenters. The van der Waals surface area contributed by atoms with Crippen LogP contribution in [0.3, 0.4) is 0 Å². The molecule has 3 heterocycles. The number of pyridine rings is 1. The molecule has 2 aromatic rings. The summed E-state index contributed by atoms with van der Waals surface area (Å²) in [5, 5.41) is 32.3. The summed E-state index contributed by atoms with van der Waals surface area (Å²) < 4.78 is 86.3. The van der Waals surface area contributed by atoms with Crippen LogP contribution in [-0.4, -0.2) is 61.7 Å². The van der Waals surface area contributed by atoms with Gasteiger partial charge in [0.25, 0.3) is 0 Å². The van der Waals surface area contributed by atoms with Gasteiger partial charge in [0, 0.05) is 22.9 Å². The van der Waals surface area contributed by atoms with Gasteiger partial charge >= 0.3 is 6.18 Å². The van der Waals surface area contributed by atoms with Gasteiger partial charge in [-0.15, -0.1) is 5.53 Å². The monoisotopic (exact) mass is 558 g/mol. The van der Waals surface area contributed by atoms with Crippen molar-refractivity contribution in [3.8, 4) is 0 Å². The number of aromatic nitrogens is 1. The Hall–Kier alpha value is -2.27. The van der Waals surface area contributed by atoms with Crippen molar-refractivity contribution in [2.24, 2.45) is 0 Å². The van der Waals surface area contributed by atoms with E-state index in [-0.39, 0.29) is 16.3 Å². The number of rotatable bonds is 5. The number of hydrogen-bond acceptors (Lipinski definition) is 9. The van der Waals surface area contributed by atoms with Crippen LogP contribution in [0.5, 0.6) is 0 Å². The van der Waals surface area contributed by atoms with Crippen LogP contribution in [0.1, 0.15) is 11.3 Å². The van der Waals surface area contributed by atoms with Crippen molar-refractivity contribution >= 4 is 29.1 Å². The summed E-state index contributed by atoms with van der Waals surface area (Å²) in [6.07, 6.45) is -7.44. The maximum atomic E-state index is 13.6. The van der Waals surface area contributed by atoms with E-state index in [1.807, 2.05) is 0 Å². The molecule has 0 saturated carbocycles. The van der Waals surface area contributed by atoms with Gasteiger partial charge in [-0.25, -0.2) is 18.2 Å². The largest absolute Gasteiger partial charge is 0.434 e. The molecule has 0 bridgehead atoms. The maximum absolute atomic E-state index is 13.6.